The molecule has 3 nitrogen and oxygen atoms in total. The maximum atomic E-state index is 13.2. The fourth-order valence-electron chi connectivity index (χ4n) is 1.89. The first-order chi connectivity index (χ1) is 8.74. The lowest BCUT2D eigenvalue weighted by Gasteiger charge is -2.29. The zero-order valence-corrected chi connectivity index (χ0v) is 9.44. The molecule has 0 spiro atoms. The lowest BCUT2D eigenvalue weighted by molar-refractivity contribution is 0.285. The molecule has 1 aromatic heterocycles. The van der Waals surface area contributed by atoms with E-state index in [9.17, 15) is 8.78 Å². The maximum absolute atomic E-state index is 13.2. The molecule has 0 amide bonds. The average Bonchev–Trinajstić information content (AvgIpc) is 2.41. The number of anilines is 1. The molecule has 0 aliphatic carbocycles. The summed E-state index contributed by atoms with van der Waals surface area (Å²) >= 11 is 0. The largest absolute Gasteiger partial charge is 0.471 e. The van der Waals surface area contributed by atoms with Crippen LogP contribution in [0.15, 0.2) is 36.5 Å². The van der Waals surface area contributed by atoms with Crippen molar-refractivity contribution in [3.05, 3.63) is 53.9 Å². The highest BCUT2D eigenvalue weighted by molar-refractivity contribution is 5.49. The van der Waals surface area contributed by atoms with Crippen molar-refractivity contribution in [3.63, 3.8) is 0 Å². The summed E-state index contributed by atoms with van der Waals surface area (Å²) in [6, 6.07) is 7.43. The van der Waals surface area contributed by atoms with E-state index in [0.29, 0.717) is 19.0 Å². The number of fused-ring (bicyclic) bond motifs is 1. The molecule has 1 aliphatic heterocycles. The number of ether oxygens (including phenoxy) is 1. The quantitative estimate of drug-likeness (QED) is 0.775. The zero-order chi connectivity index (χ0) is 12.5. The number of nitrogens with zero attached hydrogens (tertiary/aromatic N) is 2. The summed E-state index contributed by atoms with van der Waals surface area (Å²) in [4.78, 5) is 5.99. The van der Waals surface area contributed by atoms with E-state index in [1.54, 1.807) is 17.2 Å². The van der Waals surface area contributed by atoms with Gasteiger partial charge in [-0.05, 0) is 24.3 Å². The third-order valence-corrected chi connectivity index (χ3v) is 2.83. The number of rotatable bonds is 1. The lowest BCUT2D eigenvalue weighted by Crippen LogP contribution is -2.32. The van der Waals surface area contributed by atoms with Crippen LogP contribution in [0.4, 0.5) is 14.5 Å². The second-order valence-electron chi connectivity index (χ2n) is 4.02. The smallest absolute Gasteiger partial charge is 0.161 e. The van der Waals surface area contributed by atoms with E-state index in [4.69, 9.17) is 4.74 Å². The third-order valence-electron chi connectivity index (χ3n) is 2.83. The van der Waals surface area contributed by atoms with Gasteiger partial charge in [0.1, 0.15) is 11.4 Å². The molecule has 0 fully saturated rings. The fraction of sp³-hybridized carbons (Fsp3) is 0.154. The Hall–Kier alpha value is -2.17. The van der Waals surface area contributed by atoms with Gasteiger partial charge in [-0.25, -0.2) is 8.78 Å². The second-order valence-corrected chi connectivity index (χ2v) is 4.02. The molecule has 18 heavy (non-hydrogen) atoms. The van der Waals surface area contributed by atoms with Gasteiger partial charge in [0, 0.05) is 18.0 Å². The Kier molecular flexibility index (Phi) is 2.59. The Bertz CT molecular complexity index is 589. The van der Waals surface area contributed by atoms with Gasteiger partial charge in [-0.2, -0.15) is 0 Å². The Labute approximate surface area is 103 Å². The number of hydrogen-bond donors (Lipinski definition) is 0. The van der Waals surface area contributed by atoms with Gasteiger partial charge in [-0.15, -0.1) is 0 Å². The molecule has 2 aromatic rings. The number of aromatic nitrogens is 1. The van der Waals surface area contributed by atoms with Gasteiger partial charge in [0.25, 0.3) is 0 Å². The van der Waals surface area contributed by atoms with Crippen LogP contribution in [0.2, 0.25) is 0 Å². The molecule has 0 N–H and O–H groups in total. The molecule has 92 valence electrons. The number of hydrogen-bond acceptors (Lipinski definition) is 3. The highest BCUT2D eigenvalue weighted by Crippen LogP contribution is 2.27. The third kappa shape index (κ3) is 1.88. The number of halogens is 2. The summed E-state index contributed by atoms with van der Waals surface area (Å²) in [6.45, 7) is 0.811. The highest BCUT2D eigenvalue weighted by Gasteiger charge is 2.19. The van der Waals surface area contributed by atoms with Crippen molar-refractivity contribution < 1.29 is 13.5 Å². The average molecular weight is 248 g/mol. The molecular weight excluding hydrogens is 238 g/mol. The number of benzene rings is 1. The van der Waals surface area contributed by atoms with Crippen LogP contribution in [0, 0.1) is 11.6 Å². The molecule has 0 saturated carbocycles. The molecule has 1 aromatic carbocycles. The van der Waals surface area contributed by atoms with Crippen molar-refractivity contribution in [1.29, 1.82) is 0 Å². The van der Waals surface area contributed by atoms with Gasteiger partial charge in [0.2, 0.25) is 0 Å². The van der Waals surface area contributed by atoms with Gasteiger partial charge in [0.15, 0.2) is 18.4 Å². The fourth-order valence-corrected chi connectivity index (χ4v) is 1.89. The first-order valence-corrected chi connectivity index (χ1v) is 5.51. The number of pyridine rings is 1. The van der Waals surface area contributed by atoms with Crippen LogP contribution in [0.25, 0.3) is 0 Å². The molecule has 1 aliphatic rings. The topological polar surface area (TPSA) is 25.4 Å². The molecule has 0 bridgehead atoms. The summed E-state index contributed by atoms with van der Waals surface area (Å²) in [5.41, 5.74) is 1.36. The van der Waals surface area contributed by atoms with Gasteiger partial charge < -0.3 is 9.64 Å². The van der Waals surface area contributed by atoms with Crippen LogP contribution >= 0.6 is 0 Å². The minimum atomic E-state index is -0.862. The lowest BCUT2D eigenvalue weighted by atomic mass is 10.2. The van der Waals surface area contributed by atoms with Gasteiger partial charge in [-0.3, -0.25) is 4.98 Å². The summed E-state index contributed by atoms with van der Waals surface area (Å²) in [5, 5.41) is 0. The van der Waals surface area contributed by atoms with Gasteiger partial charge in [-0.1, -0.05) is 0 Å². The van der Waals surface area contributed by atoms with Crippen molar-refractivity contribution in [2.45, 2.75) is 6.54 Å². The van der Waals surface area contributed by atoms with Gasteiger partial charge in [0.05, 0.1) is 6.54 Å². The van der Waals surface area contributed by atoms with Crippen LogP contribution in [0.3, 0.4) is 0 Å². The van der Waals surface area contributed by atoms with E-state index in [0.717, 1.165) is 23.6 Å². The molecule has 2 heterocycles. The molecular formula is C13H10F2N2O. The van der Waals surface area contributed by atoms with Crippen LogP contribution in [-0.2, 0) is 6.54 Å². The summed E-state index contributed by atoms with van der Waals surface area (Å²) in [6.07, 6.45) is 1.68. The first kappa shape index (κ1) is 11.0. The Morgan fingerprint density at radius 1 is 1.17 bits per heavy atom. The standard InChI is InChI=1S/C13H10F2N2O/c14-10-4-3-9(6-11(10)15)17-7-12-13(18-8-17)2-1-5-16-12/h1-6H,7-8H2. The highest BCUT2D eigenvalue weighted by atomic mass is 19.2. The van der Waals surface area contributed by atoms with E-state index in [2.05, 4.69) is 4.98 Å². The molecule has 0 unspecified atom stereocenters. The predicted molar refractivity (Wildman–Crippen MR) is 62.3 cm³/mol. The summed E-state index contributed by atoms with van der Waals surface area (Å²) in [5.74, 6) is -0.981. The first-order valence-electron chi connectivity index (χ1n) is 5.51. The molecule has 5 heteroatoms. The normalized spacial score (nSPS) is 14.0. The summed E-state index contributed by atoms with van der Waals surface area (Å²) < 4.78 is 31.5. The van der Waals surface area contributed by atoms with Crippen LogP contribution < -0.4 is 9.64 Å². The van der Waals surface area contributed by atoms with E-state index < -0.39 is 11.6 Å². The SMILES string of the molecule is Fc1ccc(N2COc3cccnc3C2)cc1F. The molecule has 3 rings (SSSR count). The predicted octanol–water partition coefficient (Wildman–Crippen LogP) is 2.72. The second kappa shape index (κ2) is 4.25. The Morgan fingerprint density at radius 2 is 2.06 bits per heavy atom. The molecule has 0 saturated heterocycles. The van der Waals surface area contributed by atoms with Crippen molar-refractivity contribution >= 4 is 5.69 Å². The minimum Gasteiger partial charge on any atom is -0.471 e. The Morgan fingerprint density at radius 3 is 2.89 bits per heavy atom. The van der Waals surface area contributed by atoms with Crippen molar-refractivity contribution in [2.75, 3.05) is 11.6 Å². The van der Waals surface area contributed by atoms with E-state index in [1.807, 2.05) is 6.07 Å². The van der Waals surface area contributed by atoms with Crippen molar-refractivity contribution in [1.82, 2.24) is 4.98 Å². The van der Waals surface area contributed by atoms with E-state index >= 15 is 0 Å². The maximum Gasteiger partial charge on any atom is 0.161 e. The monoisotopic (exact) mass is 248 g/mol. The van der Waals surface area contributed by atoms with Crippen LogP contribution in [-0.4, -0.2) is 11.7 Å². The van der Waals surface area contributed by atoms with Crippen LogP contribution in [0.1, 0.15) is 5.69 Å². The Balaban J connectivity index is 1.89. The van der Waals surface area contributed by atoms with Crippen molar-refractivity contribution in [2.24, 2.45) is 0 Å². The van der Waals surface area contributed by atoms with E-state index in [1.165, 1.54) is 6.07 Å². The van der Waals surface area contributed by atoms with Crippen LogP contribution in [0.5, 0.6) is 5.75 Å². The van der Waals surface area contributed by atoms with Gasteiger partial charge >= 0.3 is 0 Å². The minimum absolute atomic E-state index is 0.295. The zero-order valence-electron chi connectivity index (χ0n) is 9.44. The summed E-state index contributed by atoms with van der Waals surface area (Å²) in [7, 11) is 0. The van der Waals surface area contributed by atoms with Crippen molar-refractivity contribution in [3.8, 4) is 5.75 Å². The molecule has 0 radical (unpaired) electrons. The van der Waals surface area contributed by atoms with E-state index in [-0.39, 0.29) is 0 Å². The molecule has 0 atom stereocenters.